The number of methoxy groups -OCH3 is 1. The number of carbonyl (C=O) groups is 1. The molecule has 4 aromatic rings. The molecule has 0 unspecified atom stereocenters. The van der Waals surface area contributed by atoms with Gasteiger partial charge in [0.05, 0.1) is 19.9 Å². The molecule has 0 saturated carbocycles. The number of benzene rings is 2. The van der Waals surface area contributed by atoms with Crippen molar-refractivity contribution in [3.63, 3.8) is 0 Å². The molecule has 41 heavy (non-hydrogen) atoms. The Morgan fingerprint density at radius 2 is 1.90 bits per heavy atom. The summed E-state index contributed by atoms with van der Waals surface area (Å²) in [6.07, 6.45) is 3.55. The Labute approximate surface area is 238 Å². The summed E-state index contributed by atoms with van der Waals surface area (Å²) in [7, 11) is -2.66. The molecular weight excluding hydrogens is 552 g/mol. The minimum Gasteiger partial charge on any atom is -0.496 e. The first kappa shape index (κ1) is 29.7. The molecule has 0 saturated heterocycles. The molecule has 2 heterocycles. The van der Waals surface area contributed by atoms with Gasteiger partial charge in [0, 0.05) is 18.3 Å². The van der Waals surface area contributed by atoms with Gasteiger partial charge in [0.25, 0.3) is 10.0 Å². The molecular formula is C27H34N6O7S. The van der Waals surface area contributed by atoms with Crippen molar-refractivity contribution < 1.29 is 31.9 Å². The van der Waals surface area contributed by atoms with Crippen LogP contribution in [0.1, 0.15) is 44.4 Å². The van der Waals surface area contributed by atoms with E-state index in [1.807, 2.05) is 6.92 Å². The molecule has 0 spiro atoms. The number of aromatic nitrogens is 3. The number of hydrogen-bond acceptors (Lipinski definition) is 10. The van der Waals surface area contributed by atoms with Gasteiger partial charge in [0.2, 0.25) is 0 Å². The molecule has 4 N–H and O–H groups in total. The molecule has 2 aromatic heterocycles. The largest absolute Gasteiger partial charge is 0.496 e. The van der Waals surface area contributed by atoms with E-state index in [0.717, 1.165) is 16.7 Å². The van der Waals surface area contributed by atoms with Crippen LogP contribution in [0.4, 0.5) is 10.6 Å². The van der Waals surface area contributed by atoms with Gasteiger partial charge in [-0.15, -0.1) is 0 Å². The minimum atomic E-state index is -4.12. The van der Waals surface area contributed by atoms with Gasteiger partial charge in [-0.2, -0.15) is 5.10 Å². The third-order valence-electron chi connectivity index (χ3n) is 5.86. The summed E-state index contributed by atoms with van der Waals surface area (Å²) in [5, 5.41) is 11.4. The average molecular weight is 587 g/mol. The maximum Gasteiger partial charge on any atom is 0.407 e. The first-order valence-corrected chi connectivity index (χ1v) is 14.3. The van der Waals surface area contributed by atoms with E-state index in [1.54, 1.807) is 62.1 Å². The van der Waals surface area contributed by atoms with Gasteiger partial charge >= 0.3 is 6.09 Å². The van der Waals surface area contributed by atoms with E-state index in [9.17, 15) is 13.2 Å². The molecule has 0 aliphatic heterocycles. The van der Waals surface area contributed by atoms with Gasteiger partial charge in [0.15, 0.2) is 11.4 Å². The zero-order valence-corrected chi connectivity index (χ0v) is 24.4. The third kappa shape index (κ3) is 7.27. The van der Waals surface area contributed by atoms with Crippen LogP contribution in [0.25, 0.3) is 11.0 Å². The predicted molar refractivity (Wildman–Crippen MR) is 151 cm³/mol. The number of rotatable bonds is 11. The number of nitrogens with zero attached hydrogens (tertiary/aromatic N) is 3. The summed E-state index contributed by atoms with van der Waals surface area (Å²) in [5.74, 6) is 0.453. The number of ether oxygens (including phenoxy) is 3. The van der Waals surface area contributed by atoms with Crippen LogP contribution in [0.5, 0.6) is 11.5 Å². The normalized spacial score (nSPS) is 11.9. The van der Waals surface area contributed by atoms with E-state index in [2.05, 4.69) is 20.3 Å². The minimum absolute atomic E-state index is 0.0291. The van der Waals surface area contributed by atoms with Gasteiger partial charge in [0.1, 0.15) is 34.1 Å². The number of sulfonamides is 1. The Balaban J connectivity index is 1.54. The molecule has 0 radical (unpaired) electrons. The molecule has 2 aromatic carbocycles. The van der Waals surface area contributed by atoms with E-state index >= 15 is 0 Å². The van der Waals surface area contributed by atoms with E-state index < -0.39 is 21.7 Å². The molecule has 0 atom stereocenters. The first-order chi connectivity index (χ1) is 19.4. The van der Waals surface area contributed by atoms with Crippen molar-refractivity contribution in [1.82, 2.24) is 20.3 Å². The zero-order chi connectivity index (χ0) is 29.8. The fourth-order valence-electron chi connectivity index (χ4n) is 4.05. The number of fused-ring (bicyclic) bond motifs is 1. The highest BCUT2D eigenvalue weighted by molar-refractivity contribution is 7.92. The Morgan fingerprint density at radius 1 is 1.12 bits per heavy atom. The second-order valence-electron chi connectivity index (χ2n) is 10.2. The number of anilines is 1. The number of amides is 1. The van der Waals surface area contributed by atoms with Crippen molar-refractivity contribution in [3.8, 4) is 11.5 Å². The number of alkyl carbamates (subject to hydrolysis) is 1. The monoisotopic (exact) mass is 586 g/mol. The van der Waals surface area contributed by atoms with Crippen molar-refractivity contribution in [3.05, 3.63) is 59.4 Å². The van der Waals surface area contributed by atoms with E-state index in [1.165, 1.54) is 13.2 Å². The Bertz CT molecular complexity index is 1640. The van der Waals surface area contributed by atoms with Crippen LogP contribution in [-0.4, -0.2) is 48.9 Å². The van der Waals surface area contributed by atoms with Gasteiger partial charge in [-0.25, -0.2) is 13.2 Å². The van der Waals surface area contributed by atoms with Crippen LogP contribution in [-0.2, 0) is 34.3 Å². The summed E-state index contributed by atoms with van der Waals surface area (Å²) < 4.78 is 52.6. The Morgan fingerprint density at radius 3 is 2.59 bits per heavy atom. The third-order valence-corrected chi connectivity index (χ3v) is 7.22. The topological polar surface area (TPSA) is 173 Å². The summed E-state index contributed by atoms with van der Waals surface area (Å²) in [6, 6.07) is 8.36. The highest BCUT2D eigenvalue weighted by atomic mass is 32.2. The van der Waals surface area contributed by atoms with E-state index in [0.29, 0.717) is 29.7 Å². The first-order valence-electron chi connectivity index (χ1n) is 12.9. The molecule has 0 aliphatic carbocycles. The maximum absolute atomic E-state index is 13.4. The molecule has 13 nitrogen and oxygen atoms in total. The molecule has 14 heteroatoms. The summed E-state index contributed by atoms with van der Waals surface area (Å²) in [6.45, 7) is 7.72. The highest BCUT2D eigenvalue weighted by Crippen LogP contribution is 2.36. The Hall–Kier alpha value is -4.30. The lowest BCUT2D eigenvalue weighted by Gasteiger charge is -2.19. The van der Waals surface area contributed by atoms with Crippen LogP contribution in [0, 0.1) is 0 Å². The Kier molecular flexibility index (Phi) is 8.73. The van der Waals surface area contributed by atoms with Gasteiger partial charge < -0.3 is 24.1 Å². The van der Waals surface area contributed by atoms with Crippen molar-refractivity contribution in [1.29, 1.82) is 0 Å². The standard InChI is InChI=1S/C27H34N6O7S/c1-6-17-7-8-20(38-16-28)23(11-17)41(35,36)32-25-24-21(37-5)9-18(10-22(24)40-31-25)14-33-15-19(13-30-33)12-29-26(34)39-27(2,3)4/h7-11,13,15H,6,12,14,16,28H2,1-5H3,(H,29,34)(H,31,32). The van der Waals surface area contributed by atoms with E-state index in [4.69, 9.17) is 24.5 Å². The summed E-state index contributed by atoms with van der Waals surface area (Å²) >= 11 is 0. The number of hydrogen-bond donors (Lipinski definition) is 3. The lowest BCUT2D eigenvalue weighted by Crippen LogP contribution is -2.32. The predicted octanol–water partition coefficient (Wildman–Crippen LogP) is 3.76. The highest BCUT2D eigenvalue weighted by Gasteiger charge is 2.25. The summed E-state index contributed by atoms with van der Waals surface area (Å²) in [4.78, 5) is 11.9. The van der Waals surface area contributed by atoms with Crippen LogP contribution < -0.4 is 25.2 Å². The quantitative estimate of drug-likeness (QED) is 0.220. The lowest BCUT2D eigenvalue weighted by atomic mass is 10.1. The van der Waals surface area contributed by atoms with Crippen LogP contribution >= 0.6 is 0 Å². The van der Waals surface area contributed by atoms with Gasteiger partial charge in [-0.05, 0) is 62.6 Å². The lowest BCUT2D eigenvalue weighted by molar-refractivity contribution is 0.0523. The maximum atomic E-state index is 13.4. The van der Waals surface area contributed by atoms with Crippen LogP contribution in [0.15, 0.2) is 52.1 Å². The van der Waals surface area contributed by atoms with Crippen molar-refractivity contribution >= 4 is 32.9 Å². The van der Waals surface area contributed by atoms with Gasteiger partial charge in [-0.1, -0.05) is 18.1 Å². The SMILES string of the molecule is CCc1ccc(OCN)c(S(=O)(=O)Nc2noc3cc(Cn4cc(CNC(=O)OC(C)(C)C)cn4)cc(OC)c23)c1. The fourth-order valence-corrected chi connectivity index (χ4v) is 5.25. The second kappa shape index (κ2) is 12.1. The molecule has 1 amide bonds. The molecule has 0 bridgehead atoms. The molecule has 4 rings (SSSR count). The average Bonchev–Trinajstić information content (AvgIpc) is 3.53. The van der Waals surface area contributed by atoms with Crippen molar-refractivity contribution in [2.24, 2.45) is 5.73 Å². The van der Waals surface area contributed by atoms with Crippen molar-refractivity contribution in [2.45, 2.75) is 57.7 Å². The molecule has 0 aliphatic rings. The summed E-state index contributed by atoms with van der Waals surface area (Å²) in [5.41, 5.74) is 7.59. The van der Waals surface area contributed by atoms with Crippen molar-refractivity contribution in [2.75, 3.05) is 18.6 Å². The molecule has 220 valence electrons. The van der Waals surface area contributed by atoms with E-state index in [-0.39, 0.29) is 29.7 Å². The van der Waals surface area contributed by atoms with Crippen LogP contribution in [0.3, 0.4) is 0 Å². The smallest absolute Gasteiger partial charge is 0.407 e. The van der Waals surface area contributed by atoms with Crippen LogP contribution in [0.2, 0.25) is 0 Å². The number of nitrogens with two attached hydrogens (primary N) is 1. The molecule has 0 fully saturated rings. The second-order valence-corrected chi connectivity index (χ2v) is 11.8. The van der Waals surface area contributed by atoms with Gasteiger partial charge in [-0.3, -0.25) is 15.1 Å². The number of aryl methyl sites for hydroxylation is 1. The fraction of sp³-hybridized carbons (Fsp3) is 0.370. The zero-order valence-electron chi connectivity index (χ0n) is 23.6. The number of nitrogens with one attached hydrogen (secondary N) is 2. The number of carbonyl (C=O) groups excluding carboxylic acids is 1.